The van der Waals surface area contributed by atoms with E-state index in [1.165, 1.54) is 28.8 Å². The average Bonchev–Trinajstić information content (AvgIpc) is 3.16. The molecule has 1 fully saturated rings. The Balaban J connectivity index is 1.51. The summed E-state index contributed by atoms with van der Waals surface area (Å²) in [5.41, 5.74) is 2.56. The van der Waals surface area contributed by atoms with Crippen LogP contribution in [0.1, 0.15) is 47.6 Å². The van der Waals surface area contributed by atoms with Crippen molar-refractivity contribution in [1.82, 2.24) is 4.31 Å². The maximum absolute atomic E-state index is 13.0. The van der Waals surface area contributed by atoms with E-state index in [0.29, 0.717) is 23.9 Å². The number of fused-ring (bicyclic) bond motifs is 1. The largest absolute Gasteiger partial charge is 0.243 e. The van der Waals surface area contributed by atoms with Gasteiger partial charge in [0.1, 0.15) is 0 Å². The lowest BCUT2D eigenvalue weighted by molar-refractivity contribution is 0.321. The fourth-order valence-corrected chi connectivity index (χ4v) is 6.34. The number of nitrogens with zero attached hydrogens (tertiary/aromatic N) is 1. The van der Waals surface area contributed by atoms with Gasteiger partial charge in [-0.3, -0.25) is 0 Å². The molecule has 0 N–H and O–H groups in total. The fraction of sp³-hybridized carbons (Fsp3) is 0.474. The standard InChI is InChI=1S/C19H23NO2S2/c21-24(22,18-8-7-15-4-1-2-5-17(15)14-18)20-11-9-16(10-12-20)19-6-3-13-23-19/h3,6-8,13-14,16H,1-2,4-5,9-12H2. The smallest absolute Gasteiger partial charge is 0.207 e. The first-order valence-electron chi connectivity index (χ1n) is 8.80. The van der Waals surface area contributed by atoms with Gasteiger partial charge in [-0.1, -0.05) is 12.1 Å². The van der Waals surface area contributed by atoms with E-state index in [2.05, 4.69) is 17.5 Å². The number of thiophene rings is 1. The van der Waals surface area contributed by atoms with Crippen LogP contribution in [0, 0.1) is 0 Å². The van der Waals surface area contributed by atoms with Crippen molar-refractivity contribution in [2.24, 2.45) is 0 Å². The molecule has 1 saturated heterocycles. The van der Waals surface area contributed by atoms with Crippen molar-refractivity contribution in [2.75, 3.05) is 13.1 Å². The second kappa shape index (κ2) is 6.62. The summed E-state index contributed by atoms with van der Waals surface area (Å²) in [7, 11) is -3.35. The molecule has 24 heavy (non-hydrogen) atoms. The quantitative estimate of drug-likeness (QED) is 0.822. The van der Waals surface area contributed by atoms with E-state index in [4.69, 9.17) is 0 Å². The Morgan fingerprint density at radius 3 is 2.46 bits per heavy atom. The molecule has 128 valence electrons. The van der Waals surface area contributed by atoms with Crippen molar-refractivity contribution in [3.05, 3.63) is 51.7 Å². The second-order valence-corrected chi connectivity index (χ2v) is 9.75. The lowest BCUT2D eigenvalue weighted by atomic mass is 9.92. The van der Waals surface area contributed by atoms with Crippen LogP contribution < -0.4 is 0 Å². The minimum Gasteiger partial charge on any atom is -0.207 e. The van der Waals surface area contributed by atoms with Gasteiger partial charge in [-0.2, -0.15) is 4.31 Å². The molecule has 1 aromatic carbocycles. The maximum Gasteiger partial charge on any atom is 0.243 e. The van der Waals surface area contributed by atoms with Crippen LogP contribution in [0.5, 0.6) is 0 Å². The number of hydrogen-bond acceptors (Lipinski definition) is 3. The molecule has 2 aliphatic rings. The molecule has 3 nitrogen and oxygen atoms in total. The van der Waals surface area contributed by atoms with Gasteiger partial charge in [-0.05, 0) is 79.1 Å². The third-order valence-electron chi connectivity index (χ3n) is 5.36. The molecule has 2 heterocycles. The Labute approximate surface area is 148 Å². The molecule has 0 atom stereocenters. The van der Waals surface area contributed by atoms with Crippen molar-refractivity contribution in [3.8, 4) is 0 Å². The second-order valence-electron chi connectivity index (χ2n) is 6.83. The van der Waals surface area contributed by atoms with Gasteiger partial charge in [0.15, 0.2) is 0 Å². The van der Waals surface area contributed by atoms with Crippen LogP contribution in [0.4, 0.5) is 0 Å². The highest BCUT2D eigenvalue weighted by atomic mass is 32.2. The van der Waals surface area contributed by atoms with Gasteiger partial charge in [0.05, 0.1) is 4.90 Å². The summed E-state index contributed by atoms with van der Waals surface area (Å²) in [6.07, 6.45) is 6.33. The van der Waals surface area contributed by atoms with Crippen molar-refractivity contribution in [3.63, 3.8) is 0 Å². The summed E-state index contributed by atoms with van der Waals surface area (Å²) < 4.78 is 27.7. The third kappa shape index (κ3) is 3.05. The Hall–Kier alpha value is -1.17. The Morgan fingerprint density at radius 2 is 1.75 bits per heavy atom. The van der Waals surface area contributed by atoms with E-state index in [0.717, 1.165) is 25.7 Å². The van der Waals surface area contributed by atoms with Gasteiger partial charge in [0, 0.05) is 18.0 Å². The predicted molar refractivity (Wildman–Crippen MR) is 98.1 cm³/mol. The zero-order valence-electron chi connectivity index (χ0n) is 13.8. The van der Waals surface area contributed by atoms with Gasteiger partial charge in [-0.15, -0.1) is 11.3 Å². The summed E-state index contributed by atoms with van der Waals surface area (Å²) in [5, 5.41) is 2.10. The zero-order chi connectivity index (χ0) is 16.6. The van der Waals surface area contributed by atoms with Crippen LogP contribution in [0.3, 0.4) is 0 Å². The highest BCUT2D eigenvalue weighted by Crippen LogP contribution is 2.33. The first-order valence-corrected chi connectivity index (χ1v) is 11.1. The topological polar surface area (TPSA) is 37.4 Å². The van der Waals surface area contributed by atoms with Gasteiger partial charge in [0.25, 0.3) is 0 Å². The molecular weight excluding hydrogens is 338 g/mol. The molecule has 0 saturated carbocycles. The molecule has 0 unspecified atom stereocenters. The highest BCUT2D eigenvalue weighted by molar-refractivity contribution is 7.89. The van der Waals surface area contributed by atoms with Crippen molar-refractivity contribution >= 4 is 21.4 Å². The normalized spacial score (nSPS) is 20.0. The first kappa shape index (κ1) is 16.3. The molecular formula is C19H23NO2S2. The molecule has 0 bridgehead atoms. The lowest BCUT2D eigenvalue weighted by Gasteiger charge is -2.31. The predicted octanol–water partition coefficient (Wildman–Crippen LogP) is 4.20. The summed E-state index contributed by atoms with van der Waals surface area (Å²) >= 11 is 1.78. The van der Waals surface area contributed by atoms with Crippen molar-refractivity contribution < 1.29 is 8.42 Å². The maximum atomic E-state index is 13.0. The molecule has 0 spiro atoms. The Bertz CT molecular complexity index is 804. The van der Waals surface area contributed by atoms with Gasteiger partial charge < -0.3 is 0 Å². The van der Waals surface area contributed by atoms with Crippen molar-refractivity contribution in [2.45, 2.75) is 49.3 Å². The first-order chi connectivity index (χ1) is 11.6. The molecule has 1 aliphatic heterocycles. The number of rotatable bonds is 3. The van der Waals surface area contributed by atoms with Crippen LogP contribution in [0.15, 0.2) is 40.6 Å². The SMILES string of the molecule is O=S(=O)(c1ccc2c(c1)CCCC2)N1CCC(c2cccs2)CC1. The average molecular weight is 362 g/mol. The van der Waals surface area contributed by atoms with E-state index in [1.807, 2.05) is 18.2 Å². The van der Waals surface area contributed by atoms with Crippen LogP contribution in [0.2, 0.25) is 0 Å². The lowest BCUT2D eigenvalue weighted by Crippen LogP contribution is -2.37. The number of piperidine rings is 1. The molecule has 1 aromatic heterocycles. The Morgan fingerprint density at radius 1 is 1.00 bits per heavy atom. The number of sulfonamides is 1. The number of benzene rings is 1. The molecule has 1 aliphatic carbocycles. The number of aryl methyl sites for hydroxylation is 2. The van der Waals surface area contributed by atoms with E-state index in [-0.39, 0.29) is 0 Å². The zero-order valence-corrected chi connectivity index (χ0v) is 15.4. The van der Waals surface area contributed by atoms with Gasteiger partial charge in [0.2, 0.25) is 10.0 Å². The van der Waals surface area contributed by atoms with Crippen LogP contribution in [0.25, 0.3) is 0 Å². The van der Waals surface area contributed by atoms with Crippen molar-refractivity contribution in [1.29, 1.82) is 0 Å². The summed E-state index contributed by atoms with van der Waals surface area (Å²) in [5.74, 6) is 0.514. The summed E-state index contributed by atoms with van der Waals surface area (Å²) in [6, 6.07) is 10.0. The Kier molecular flexibility index (Phi) is 4.50. The van der Waals surface area contributed by atoms with E-state index >= 15 is 0 Å². The van der Waals surface area contributed by atoms with E-state index in [9.17, 15) is 8.42 Å². The minimum absolute atomic E-state index is 0.484. The van der Waals surface area contributed by atoms with Gasteiger partial charge in [-0.25, -0.2) is 8.42 Å². The van der Waals surface area contributed by atoms with E-state index in [1.54, 1.807) is 15.6 Å². The van der Waals surface area contributed by atoms with Gasteiger partial charge >= 0.3 is 0 Å². The van der Waals surface area contributed by atoms with Crippen LogP contribution in [-0.2, 0) is 22.9 Å². The summed E-state index contributed by atoms with van der Waals surface area (Å²) in [4.78, 5) is 1.87. The summed E-state index contributed by atoms with van der Waals surface area (Å²) in [6.45, 7) is 1.25. The van der Waals surface area contributed by atoms with E-state index < -0.39 is 10.0 Å². The monoisotopic (exact) mass is 361 g/mol. The number of hydrogen-bond donors (Lipinski definition) is 0. The molecule has 2 aromatic rings. The minimum atomic E-state index is -3.35. The molecule has 0 amide bonds. The fourth-order valence-electron chi connectivity index (χ4n) is 3.92. The molecule has 0 radical (unpaired) electrons. The highest BCUT2D eigenvalue weighted by Gasteiger charge is 2.30. The van der Waals surface area contributed by atoms with Crippen LogP contribution >= 0.6 is 11.3 Å². The molecule has 5 heteroatoms. The third-order valence-corrected chi connectivity index (χ3v) is 8.29. The van der Waals surface area contributed by atoms with Crippen LogP contribution in [-0.4, -0.2) is 25.8 Å². The molecule has 4 rings (SSSR count).